The van der Waals surface area contributed by atoms with Gasteiger partial charge in [-0.25, -0.2) is 0 Å². The molecule has 0 N–H and O–H groups in total. The zero-order valence-electron chi connectivity index (χ0n) is 8.84. The lowest BCUT2D eigenvalue weighted by atomic mass is 9.79. The lowest BCUT2D eigenvalue weighted by molar-refractivity contribution is -0.147. The summed E-state index contributed by atoms with van der Waals surface area (Å²) in [6.07, 6.45) is 6.38. The van der Waals surface area contributed by atoms with Crippen LogP contribution in [0.3, 0.4) is 0 Å². The van der Waals surface area contributed by atoms with E-state index in [0.29, 0.717) is 12.3 Å². The van der Waals surface area contributed by atoms with E-state index in [2.05, 4.69) is 6.58 Å². The molecule has 2 rings (SSSR count). The van der Waals surface area contributed by atoms with Crippen molar-refractivity contribution in [3.05, 3.63) is 12.2 Å². The molecule has 1 saturated heterocycles. The van der Waals surface area contributed by atoms with Gasteiger partial charge in [-0.05, 0) is 31.8 Å². The topological polar surface area (TPSA) is 26.3 Å². The van der Waals surface area contributed by atoms with Crippen molar-refractivity contribution in [2.75, 3.05) is 0 Å². The molecule has 78 valence electrons. The fourth-order valence-corrected chi connectivity index (χ4v) is 2.89. The monoisotopic (exact) mass is 194 g/mol. The first-order valence-electron chi connectivity index (χ1n) is 5.53. The molecule has 2 nitrogen and oxygen atoms in total. The third kappa shape index (κ3) is 1.37. The number of fused-ring (bicyclic) bond motifs is 1. The van der Waals surface area contributed by atoms with Crippen molar-refractivity contribution in [1.82, 2.24) is 0 Å². The maximum Gasteiger partial charge on any atom is 0.307 e. The highest BCUT2D eigenvalue weighted by Crippen LogP contribution is 2.46. The van der Waals surface area contributed by atoms with E-state index in [4.69, 9.17) is 4.74 Å². The van der Waals surface area contributed by atoms with Gasteiger partial charge in [0.05, 0.1) is 6.42 Å². The summed E-state index contributed by atoms with van der Waals surface area (Å²) in [5, 5.41) is 0. The Balaban J connectivity index is 2.29. The zero-order chi connectivity index (χ0) is 10.2. The second kappa shape index (κ2) is 3.41. The number of carbonyl (C=O) groups excluding carboxylic acids is 1. The van der Waals surface area contributed by atoms with Crippen molar-refractivity contribution in [3.8, 4) is 0 Å². The molecule has 1 heterocycles. The summed E-state index contributed by atoms with van der Waals surface area (Å²) in [6, 6.07) is 0. The molecule has 2 atom stereocenters. The molecule has 2 heteroatoms. The Bertz CT molecular complexity index is 269. The van der Waals surface area contributed by atoms with Crippen LogP contribution in [0, 0.1) is 5.92 Å². The van der Waals surface area contributed by atoms with Crippen molar-refractivity contribution >= 4 is 5.97 Å². The van der Waals surface area contributed by atoms with Crippen LogP contribution in [-0.2, 0) is 9.53 Å². The molecule has 1 saturated carbocycles. The molecule has 1 aliphatic carbocycles. The summed E-state index contributed by atoms with van der Waals surface area (Å²) in [5.74, 6) is 0.370. The van der Waals surface area contributed by atoms with Crippen LogP contribution in [0.25, 0.3) is 0 Å². The van der Waals surface area contributed by atoms with Crippen molar-refractivity contribution in [2.45, 2.75) is 51.0 Å². The standard InChI is InChI=1S/C12H18O2/c1-9(2)12-7-5-3-4-6-10(12)8-11(13)14-12/h10H,1,3-8H2,2H3/t10-,12+/m1/s1. The molecular weight excluding hydrogens is 176 g/mol. The van der Waals surface area contributed by atoms with Crippen molar-refractivity contribution in [3.63, 3.8) is 0 Å². The van der Waals surface area contributed by atoms with E-state index in [1.807, 2.05) is 6.92 Å². The second-order valence-corrected chi connectivity index (χ2v) is 4.64. The van der Waals surface area contributed by atoms with E-state index in [0.717, 1.165) is 24.8 Å². The van der Waals surface area contributed by atoms with Gasteiger partial charge < -0.3 is 4.74 Å². The Kier molecular flexibility index (Phi) is 2.38. The largest absolute Gasteiger partial charge is 0.454 e. The first-order valence-corrected chi connectivity index (χ1v) is 5.53. The van der Waals surface area contributed by atoms with E-state index in [1.165, 1.54) is 12.8 Å². The quantitative estimate of drug-likeness (QED) is 0.474. The Morgan fingerprint density at radius 2 is 2.29 bits per heavy atom. The average molecular weight is 194 g/mol. The van der Waals surface area contributed by atoms with Gasteiger partial charge in [0.15, 0.2) is 0 Å². The summed E-state index contributed by atoms with van der Waals surface area (Å²) < 4.78 is 5.56. The number of esters is 1. The molecule has 0 unspecified atom stereocenters. The molecular formula is C12H18O2. The zero-order valence-corrected chi connectivity index (χ0v) is 8.84. The third-order valence-corrected chi connectivity index (χ3v) is 3.69. The first kappa shape index (κ1) is 9.75. The normalized spacial score (nSPS) is 37.2. The fourth-order valence-electron chi connectivity index (χ4n) is 2.89. The minimum atomic E-state index is -0.298. The van der Waals surface area contributed by atoms with Gasteiger partial charge in [0.1, 0.15) is 5.60 Å². The maximum atomic E-state index is 11.4. The fraction of sp³-hybridized carbons (Fsp3) is 0.750. The molecule has 0 aromatic carbocycles. The van der Waals surface area contributed by atoms with Crippen molar-refractivity contribution < 1.29 is 9.53 Å². The minimum absolute atomic E-state index is 0.0279. The van der Waals surface area contributed by atoms with E-state index in [9.17, 15) is 4.79 Å². The van der Waals surface area contributed by atoms with Crippen LogP contribution < -0.4 is 0 Å². The molecule has 1 aliphatic heterocycles. The molecule has 0 amide bonds. The molecule has 0 aromatic rings. The average Bonchev–Trinajstić information content (AvgIpc) is 2.30. The van der Waals surface area contributed by atoms with Crippen molar-refractivity contribution in [1.29, 1.82) is 0 Å². The summed E-state index contributed by atoms with van der Waals surface area (Å²) in [5.41, 5.74) is 0.739. The maximum absolute atomic E-state index is 11.4. The number of hydrogen-bond acceptors (Lipinski definition) is 2. The SMILES string of the molecule is C=C(C)[C@@]12CCCCC[C@@H]1CC(=O)O2. The molecule has 0 spiro atoms. The molecule has 0 aromatic heterocycles. The predicted octanol–water partition coefficient (Wildman–Crippen LogP) is 2.83. The Morgan fingerprint density at radius 1 is 1.50 bits per heavy atom. The van der Waals surface area contributed by atoms with Crippen LogP contribution in [0.2, 0.25) is 0 Å². The van der Waals surface area contributed by atoms with Crippen LogP contribution in [0.4, 0.5) is 0 Å². The van der Waals surface area contributed by atoms with Crippen LogP contribution >= 0.6 is 0 Å². The molecule has 2 fully saturated rings. The summed E-state index contributed by atoms with van der Waals surface area (Å²) in [7, 11) is 0. The van der Waals surface area contributed by atoms with Gasteiger partial charge in [-0.15, -0.1) is 0 Å². The van der Waals surface area contributed by atoms with Gasteiger partial charge in [0.2, 0.25) is 0 Å². The molecule has 0 bridgehead atoms. The van der Waals surface area contributed by atoms with Crippen LogP contribution in [0.15, 0.2) is 12.2 Å². The predicted molar refractivity (Wildman–Crippen MR) is 54.8 cm³/mol. The van der Waals surface area contributed by atoms with E-state index >= 15 is 0 Å². The van der Waals surface area contributed by atoms with Gasteiger partial charge in [0, 0.05) is 5.92 Å². The van der Waals surface area contributed by atoms with Crippen molar-refractivity contribution in [2.24, 2.45) is 5.92 Å². The van der Waals surface area contributed by atoms with Gasteiger partial charge in [-0.1, -0.05) is 19.4 Å². The number of ether oxygens (including phenoxy) is 1. The third-order valence-electron chi connectivity index (χ3n) is 3.69. The lowest BCUT2D eigenvalue weighted by Crippen LogP contribution is -2.35. The van der Waals surface area contributed by atoms with E-state index in [-0.39, 0.29) is 11.6 Å². The molecule has 2 aliphatic rings. The first-order chi connectivity index (χ1) is 6.65. The van der Waals surface area contributed by atoms with Crippen LogP contribution in [0.1, 0.15) is 45.4 Å². The lowest BCUT2D eigenvalue weighted by Gasteiger charge is -2.32. The Morgan fingerprint density at radius 3 is 3.00 bits per heavy atom. The smallest absolute Gasteiger partial charge is 0.307 e. The highest BCUT2D eigenvalue weighted by Gasteiger charge is 2.49. The summed E-state index contributed by atoms with van der Waals surface area (Å²) in [6.45, 7) is 6.01. The summed E-state index contributed by atoms with van der Waals surface area (Å²) >= 11 is 0. The van der Waals surface area contributed by atoms with Crippen LogP contribution in [-0.4, -0.2) is 11.6 Å². The van der Waals surface area contributed by atoms with Gasteiger partial charge >= 0.3 is 5.97 Å². The Hall–Kier alpha value is -0.790. The highest BCUT2D eigenvalue weighted by molar-refractivity contribution is 5.73. The number of carbonyl (C=O) groups is 1. The summed E-state index contributed by atoms with van der Waals surface area (Å²) in [4.78, 5) is 11.4. The second-order valence-electron chi connectivity index (χ2n) is 4.64. The number of hydrogen-bond donors (Lipinski definition) is 0. The molecule has 0 radical (unpaired) electrons. The minimum Gasteiger partial charge on any atom is -0.454 e. The van der Waals surface area contributed by atoms with Gasteiger partial charge in [-0.2, -0.15) is 0 Å². The van der Waals surface area contributed by atoms with E-state index in [1.54, 1.807) is 0 Å². The number of rotatable bonds is 1. The highest BCUT2D eigenvalue weighted by atomic mass is 16.6. The van der Waals surface area contributed by atoms with Crippen LogP contribution in [0.5, 0.6) is 0 Å². The van der Waals surface area contributed by atoms with Gasteiger partial charge in [-0.3, -0.25) is 4.79 Å². The van der Waals surface area contributed by atoms with E-state index < -0.39 is 0 Å². The molecule has 14 heavy (non-hydrogen) atoms. The Labute approximate surface area is 85.3 Å². The van der Waals surface area contributed by atoms with Gasteiger partial charge in [0.25, 0.3) is 0 Å².